The predicted octanol–water partition coefficient (Wildman–Crippen LogP) is 3.47. The summed E-state index contributed by atoms with van der Waals surface area (Å²) in [6.45, 7) is 7.10. The van der Waals surface area contributed by atoms with Gasteiger partial charge in [-0.15, -0.1) is 24.8 Å². The van der Waals surface area contributed by atoms with E-state index in [4.69, 9.17) is 0 Å². The highest BCUT2D eigenvalue weighted by atomic mass is 35.5. The van der Waals surface area contributed by atoms with Crippen molar-refractivity contribution in [2.45, 2.75) is 26.3 Å². The van der Waals surface area contributed by atoms with Crippen molar-refractivity contribution in [2.75, 3.05) is 26.2 Å². The normalized spacial score (nSPS) is 17.0. The molecule has 1 heterocycles. The first kappa shape index (κ1) is 19.6. The summed E-state index contributed by atoms with van der Waals surface area (Å²) < 4.78 is 28.1. The van der Waals surface area contributed by atoms with E-state index in [1.54, 1.807) is 6.92 Å². The molecule has 6 heteroatoms. The minimum absolute atomic E-state index is 0. The smallest absolute Gasteiger partial charge is 0.133 e. The highest BCUT2D eigenvalue weighted by Crippen LogP contribution is 2.30. The molecule has 1 aliphatic heterocycles. The second-order valence-corrected chi connectivity index (χ2v) is 4.80. The largest absolute Gasteiger partial charge is 0.314 e. The molecule has 0 saturated carbocycles. The average Bonchev–Trinajstić information content (AvgIpc) is 2.40. The molecule has 0 aromatic heterocycles. The predicted molar refractivity (Wildman–Crippen MR) is 83.1 cm³/mol. The van der Waals surface area contributed by atoms with Crippen LogP contribution in [0.4, 0.5) is 8.78 Å². The fourth-order valence-electron chi connectivity index (χ4n) is 2.62. The second kappa shape index (κ2) is 8.78. The zero-order chi connectivity index (χ0) is 13.1. The summed E-state index contributed by atoms with van der Waals surface area (Å²) in [6.07, 6.45) is 0.720. The number of halogens is 4. The van der Waals surface area contributed by atoms with Gasteiger partial charge in [-0.2, -0.15) is 0 Å². The Balaban J connectivity index is 0.00000180. The van der Waals surface area contributed by atoms with Gasteiger partial charge in [0.25, 0.3) is 0 Å². The monoisotopic (exact) mass is 326 g/mol. The molecule has 20 heavy (non-hydrogen) atoms. The zero-order valence-corrected chi connectivity index (χ0v) is 13.4. The van der Waals surface area contributed by atoms with Crippen LogP contribution in [0.15, 0.2) is 12.1 Å². The van der Waals surface area contributed by atoms with E-state index >= 15 is 0 Å². The van der Waals surface area contributed by atoms with Crippen LogP contribution in [0, 0.1) is 18.6 Å². The van der Waals surface area contributed by atoms with Gasteiger partial charge in [-0.05, 0) is 25.0 Å². The third-order valence-electron chi connectivity index (χ3n) is 3.63. The Hall–Kier alpha value is -0.420. The van der Waals surface area contributed by atoms with Crippen LogP contribution >= 0.6 is 24.8 Å². The molecule has 0 spiro atoms. The lowest BCUT2D eigenvalue weighted by molar-refractivity contribution is 0.162. The van der Waals surface area contributed by atoms with Gasteiger partial charge in [0, 0.05) is 37.8 Å². The number of benzene rings is 1. The van der Waals surface area contributed by atoms with Gasteiger partial charge in [0.15, 0.2) is 0 Å². The number of aryl methyl sites for hydroxylation is 1. The van der Waals surface area contributed by atoms with Crippen molar-refractivity contribution in [2.24, 2.45) is 0 Å². The van der Waals surface area contributed by atoms with Crippen LogP contribution in [-0.2, 0) is 0 Å². The fraction of sp³-hybridized carbons (Fsp3) is 0.571. The lowest BCUT2D eigenvalue weighted by Gasteiger charge is -2.35. The molecule has 1 N–H and O–H groups in total. The molecule has 0 aliphatic carbocycles. The first-order valence-corrected chi connectivity index (χ1v) is 6.54. The van der Waals surface area contributed by atoms with Crippen molar-refractivity contribution < 1.29 is 8.78 Å². The molecule has 1 atom stereocenters. The fourth-order valence-corrected chi connectivity index (χ4v) is 2.62. The summed E-state index contributed by atoms with van der Waals surface area (Å²) in [6, 6.07) is 2.71. The number of hydrogen-bond donors (Lipinski definition) is 1. The lowest BCUT2D eigenvalue weighted by Crippen LogP contribution is -2.45. The summed E-state index contributed by atoms with van der Waals surface area (Å²) in [4.78, 5) is 2.16. The van der Waals surface area contributed by atoms with E-state index in [-0.39, 0.29) is 42.2 Å². The van der Waals surface area contributed by atoms with E-state index in [1.165, 1.54) is 12.1 Å². The van der Waals surface area contributed by atoms with E-state index in [1.807, 2.05) is 6.92 Å². The number of nitrogens with zero attached hydrogens (tertiary/aromatic N) is 1. The molecule has 1 saturated heterocycles. The van der Waals surface area contributed by atoms with Crippen molar-refractivity contribution >= 4 is 24.8 Å². The second-order valence-electron chi connectivity index (χ2n) is 4.80. The van der Waals surface area contributed by atoms with Gasteiger partial charge in [0.2, 0.25) is 0 Å². The van der Waals surface area contributed by atoms with Crippen molar-refractivity contribution in [1.29, 1.82) is 0 Å². The van der Waals surface area contributed by atoms with Crippen LogP contribution in [0.5, 0.6) is 0 Å². The van der Waals surface area contributed by atoms with Crippen molar-refractivity contribution in [3.63, 3.8) is 0 Å². The molecule has 0 radical (unpaired) electrons. The Morgan fingerprint density at radius 2 is 1.80 bits per heavy atom. The third kappa shape index (κ3) is 4.04. The zero-order valence-electron chi connectivity index (χ0n) is 11.8. The summed E-state index contributed by atoms with van der Waals surface area (Å²) in [5.41, 5.74) is 0.749. The molecule has 2 rings (SSSR count). The molecule has 1 fully saturated rings. The molecule has 1 aliphatic rings. The Kier molecular flexibility index (Phi) is 8.59. The van der Waals surface area contributed by atoms with E-state index in [0.717, 1.165) is 32.6 Å². The summed E-state index contributed by atoms with van der Waals surface area (Å²) in [7, 11) is 0. The maximum absolute atomic E-state index is 14.2. The van der Waals surface area contributed by atoms with Crippen LogP contribution in [0.25, 0.3) is 0 Å². The number of rotatable bonds is 3. The van der Waals surface area contributed by atoms with Crippen molar-refractivity contribution in [3.05, 3.63) is 34.9 Å². The molecular formula is C14H22Cl2F2N2. The Morgan fingerprint density at radius 1 is 1.20 bits per heavy atom. The topological polar surface area (TPSA) is 15.3 Å². The van der Waals surface area contributed by atoms with Gasteiger partial charge in [-0.3, -0.25) is 4.90 Å². The van der Waals surface area contributed by atoms with E-state index < -0.39 is 5.82 Å². The molecule has 0 bridgehead atoms. The van der Waals surface area contributed by atoms with Gasteiger partial charge in [0.05, 0.1) is 0 Å². The summed E-state index contributed by atoms with van der Waals surface area (Å²) in [5.74, 6) is -0.816. The van der Waals surface area contributed by atoms with Gasteiger partial charge in [0.1, 0.15) is 11.6 Å². The molecule has 0 amide bonds. The Labute approximate surface area is 131 Å². The molecule has 0 unspecified atom stereocenters. The Morgan fingerprint density at radius 3 is 2.35 bits per heavy atom. The van der Waals surface area contributed by atoms with Crippen molar-refractivity contribution in [3.8, 4) is 0 Å². The number of hydrogen-bond acceptors (Lipinski definition) is 2. The summed E-state index contributed by atoms with van der Waals surface area (Å²) >= 11 is 0. The van der Waals surface area contributed by atoms with Gasteiger partial charge in [-0.25, -0.2) is 8.78 Å². The molecule has 1 aromatic carbocycles. The van der Waals surface area contributed by atoms with Crippen LogP contribution in [0.1, 0.15) is 30.5 Å². The van der Waals surface area contributed by atoms with E-state index in [0.29, 0.717) is 5.56 Å². The quantitative estimate of drug-likeness (QED) is 0.914. The molecular weight excluding hydrogens is 305 g/mol. The third-order valence-corrected chi connectivity index (χ3v) is 3.63. The first-order chi connectivity index (χ1) is 8.65. The van der Waals surface area contributed by atoms with Crippen molar-refractivity contribution in [1.82, 2.24) is 10.2 Å². The van der Waals surface area contributed by atoms with Gasteiger partial charge >= 0.3 is 0 Å². The average molecular weight is 327 g/mol. The molecule has 1 aromatic rings. The maximum Gasteiger partial charge on any atom is 0.133 e. The SMILES string of the molecule is CC[C@@H](c1c(F)ccc(C)c1F)N1CCNCC1.Cl.Cl. The minimum Gasteiger partial charge on any atom is -0.314 e. The summed E-state index contributed by atoms with van der Waals surface area (Å²) in [5, 5.41) is 3.26. The number of piperazine rings is 1. The Bertz CT molecular complexity index is 424. The standard InChI is InChI=1S/C14H20F2N2.2ClH/c1-3-12(18-8-6-17-7-9-18)13-11(15)5-4-10(2)14(13)16;;/h4-5,12,17H,3,6-9H2,1-2H3;2*1H/t12-;;/m0../s1. The van der Waals surface area contributed by atoms with Gasteiger partial charge < -0.3 is 5.32 Å². The number of nitrogens with one attached hydrogen (secondary N) is 1. The minimum atomic E-state index is -0.427. The van der Waals surface area contributed by atoms with Crippen LogP contribution in [0.2, 0.25) is 0 Å². The highest BCUT2D eigenvalue weighted by Gasteiger charge is 2.26. The van der Waals surface area contributed by atoms with E-state index in [2.05, 4.69) is 10.2 Å². The highest BCUT2D eigenvalue weighted by molar-refractivity contribution is 5.85. The molecule has 2 nitrogen and oxygen atoms in total. The van der Waals surface area contributed by atoms with Gasteiger partial charge in [-0.1, -0.05) is 13.0 Å². The maximum atomic E-state index is 14.2. The molecule has 116 valence electrons. The van der Waals surface area contributed by atoms with Crippen LogP contribution < -0.4 is 5.32 Å². The van der Waals surface area contributed by atoms with E-state index in [9.17, 15) is 8.78 Å². The van der Waals surface area contributed by atoms with Crippen LogP contribution in [0.3, 0.4) is 0 Å². The lowest BCUT2D eigenvalue weighted by atomic mass is 9.98. The van der Waals surface area contributed by atoms with Crippen LogP contribution in [-0.4, -0.2) is 31.1 Å². The first-order valence-electron chi connectivity index (χ1n) is 6.54.